The Morgan fingerprint density at radius 1 is 1.32 bits per heavy atom. The average Bonchev–Trinajstić information content (AvgIpc) is 2.87. The van der Waals surface area contributed by atoms with Gasteiger partial charge in [-0.3, -0.25) is 4.79 Å². The van der Waals surface area contributed by atoms with Gasteiger partial charge in [-0.25, -0.2) is 0 Å². The molecule has 0 aliphatic heterocycles. The van der Waals surface area contributed by atoms with E-state index in [1.807, 2.05) is 36.6 Å². The number of amides is 1. The molecule has 0 saturated carbocycles. The number of aliphatic hydroxyl groups is 1. The number of hydrogen-bond acceptors (Lipinski definition) is 3. The molecule has 0 aliphatic rings. The molecule has 19 heavy (non-hydrogen) atoms. The Labute approximate surface area is 115 Å². The fourth-order valence-corrected chi connectivity index (χ4v) is 2.29. The Morgan fingerprint density at radius 2 is 2.05 bits per heavy atom. The predicted octanol–water partition coefficient (Wildman–Crippen LogP) is 2.65. The lowest BCUT2D eigenvalue weighted by Gasteiger charge is -2.04. The number of aliphatic hydroxyl groups excluding tert-OH is 1. The maximum absolute atomic E-state index is 12.1. The monoisotopic (exact) mass is 271 g/mol. The van der Waals surface area contributed by atoms with Crippen molar-refractivity contribution in [2.24, 2.45) is 0 Å². The number of carbonyl (C=O) groups excluding carboxylic acids is 1. The molecule has 0 atom stereocenters. The van der Waals surface area contributed by atoms with Gasteiger partial charge in [0.1, 0.15) is 11.5 Å². The maximum Gasteiger partial charge on any atom is 0.267 e. The summed E-state index contributed by atoms with van der Waals surface area (Å²) in [4.78, 5) is 12.7. The molecule has 2 aromatic rings. The summed E-state index contributed by atoms with van der Waals surface area (Å²) in [5, 5.41) is 13.3. The van der Waals surface area contributed by atoms with Crippen LogP contribution in [0, 0.1) is 18.8 Å². The molecule has 1 amide bonds. The van der Waals surface area contributed by atoms with E-state index < -0.39 is 0 Å². The minimum absolute atomic E-state index is 0.180. The molecular formula is C15H13NO2S. The zero-order valence-electron chi connectivity index (χ0n) is 10.4. The normalized spacial score (nSPS) is 9.58. The second-order valence-electron chi connectivity index (χ2n) is 3.94. The van der Waals surface area contributed by atoms with Crippen molar-refractivity contribution in [1.29, 1.82) is 0 Å². The summed E-state index contributed by atoms with van der Waals surface area (Å²) in [6.45, 7) is 1.78. The zero-order valence-corrected chi connectivity index (χ0v) is 11.3. The van der Waals surface area contributed by atoms with Crippen LogP contribution in [0.25, 0.3) is 0 Å². The molecule has 96 valence electrons. The van der Waals surface area contributed by atoms with E-state index in [-0.39, 0.29) is 12.5 Å². The lowest BCUT2D eigenvalue weighted by atomic mass is 10.2. The first-order chi connectivity index (χ1) is 9.20. The summed E-state index contributed by atoms with van der Waals surface area (Å²) < 4.78 is 0. The Bertz CT molecular complexity index is 632. The van der Waals surface area contributed by atoms with E-state index in [9.17, 15) is 4.79 Å². The molecule has 1 aromatic carbocycles. The molecule has 0 saturated heterocycles. The van der Waals surface area contributed by atoms with Gasteiger partial charge in [0.2, 0.25) is 0 Å². The average molecular weight is 271 g/mol. The van der Waals surface area contributed by atoms with Gasteiger partial charge in [-0.2, -0.15) is 0 Å². The van der Waals surface area contributed by atoms with Crippen LogP contribution < -0.4 is 5.32 Å². The third-order valence-corrected chi connectivity index (χ3v) is 3.40. The van der Waals surface area contributed by atoms with E-state index in [1.54, 1.807) is 6.07 Å². The highest BCUT2D eigenvalue weighted by Gasteiger charge is 2.11. The number of aryl methyl sites for hydroxylation is 1. The minimum Gasteiger partial charge on any atom is -0.384 e. The molecule has 1 heterocycles. The van der Waals surface area contributed by atoms with Crippen molar-refractivity contribution in [3.63, 3.8) is 0 Å². The highest BCUT2D eigenvalue weighted by Crippen LogP contribution is 2.18. The number of thiophene rings is 1. The van der Waals surface area contributed by atoms with Gasteiger partial charge in [0, 0.05) is 11.3 Å². The van der Waals surface area contributed by atoms with Crippen molar-refractivity contribution < 1.29 is 9.90 Å². The van der Waals surface area contributed by atoms with Crippen LogP contribution in [0.3, 0.4) is 0 Å². The molecule has 4 heteroatoms. The molecule has 2 N–H and O–H groups in total. The van der Waals surface area contributed by atoms with E-state index in [1.165, 1.54) is 11.3 Å². The molecule has 3 nitrogen and oxygen atoms in total. The molecular weight excluding hydrogens is 258 g/mol. The van der Waals surface area contributed by atoms with E-state index in [0.717, 1.165) is 11.3 Å². The highest BCUT2D eigenvalue weighted by atomic mass is 32.1. The van der Waals surface area contributed by atoms with Crippen molar-refractivity contribution in [1.82, 2.24) is 0 Å². The first-order valence-electron chi connectivity index (χ1n) is 5.76. The van der Waals surface area contributed by atoms with Gasteiger partial charge < -0.3 is 10.4 Å². The van der Waals surface area contributed by atoms with Crippen LogP contribution in [0.4, 0.5) is 5.69 Å². The van der Waals surface area contributed by atoms with Gasteiger partial charge in [0.25, 0.3) is 5.91 Å². The highest BCUT2D eigenvalue weighted by molar-refractivity contribution is 7.12. The SMILES string of the molecule is Cc1ccc(NC(=O)c2sccc2C#CCO)cc1. The number of rotatable bonds is 2. The quantitative estimate of drug-likeness (QED) is 0.825. The fraction of sp³-hybridized carbons (Fsp3) is 0.133. The van der Waals surface area contributed by atoms with Gasteiger partial charge in [-0.15, -0.1) is 11.3 Å². The summed E-state index contributed by atoms with van der Waals surface area (Å²) in [6.07, 6.45) is 0. The Balaban J connectivity index is 2.16. The maximum atomic E-state index is 12.1. The van der Waals surface area contributed by atoms with Crippen LogP contribution in [-0.4, -0.2) is 17.6 Å². The Hall–Kier alpha value is -2.09. The molecule has 0 aliphatic carbocycles. The standard InChI is InChI=1S/C15H13NO2S/c1-11-4-6-13(7-5-11)16-15(18)14-12(3-2-9-17)8-10-19-14/h4-8,10,17H,9H2,1H3,(H,16,18). The molecule has 2 rings (SSSR count). The summed E-state index contributed by atoms with van der Waals surface area (Å²) in [7, 11) is 0. The largest absolute Gasteiger partial charge is 0.384 e. The number of carbonyl (C=O) groups is 1. The first kappa shape index (κ1) is 13.3. The topological polar surface area (TPSA) is 49.3 Å². The Kier molecular flexibility index (Phi) is 4.35. The summed E-state index contributed by atoms with van der Waals surface area (Å²) in [5.41, 5.74) is 2.54. The van der Waals surface area contributed by atoms with Gasteiger partial charge in [-0.1, -0.05) is 29.5 Å². The lowest BCUT2D eigenvalue weighted by Crippen LogP contribution is -2.11. The third-order valence-electron chi connectivity index (χ3n) is 2.48. The summed E-state index contributed by atoms with van der Waals surface area (Å²) in [6, 6.07) is 9.38. The van der Waals surface area contributed by atoms with Crippen LogP contribution in [0.2, 0.25) is 0 Å². The van der Waals surface area contributed by atoms with E-state index in [0.29, 0.717) is 10.4 Å². The third kappa shape index (κ3) is 3.44. The van der Waals surface area contributed by atoms with Crippen molar-refractivity contribution in [3.8, 4) is 11.8 Å². The number of hydrogen-bond donors (Lipinski definition) is 2. The second-order valence-corrected chi connectivity index (χ2v) is 4.86. The van der Waals surface area contributed by atoms with Crippen molar-refractivity contribution >= 4 is 22.9 Å². The van der Waals surface area contributed by atoms with Crippen LogP contribution in [0.5, 0.6) is 0 Å². The van der Waals surface area contributed by atoms with Crippen LogP contribution in [0.15, 0.2) is 35.7 Å². The molecule has 1 aromatic heterocycles. The Morgan fingerprint density at radius 3 is 2.74 bits per heavy atom. The molecule has 0 unspecified atom stereocenters. The van der Waals surface area contributed by atoms with Crippen molar-refractivity contribution in [2.45, 2.75) is 6.92 Å². The molecule has 0 fully saturated rings. The van der Waals surface area contributed by atoms with Gasteiger partial charge in [-0.05, 0) is 30.5 Å². The van der Waals surface area contributed by atoms with Crippen molar-refractivity contribution in [2.75, 3.05) is 11.9 Å². The zero-order chi connectivity index (χ0) is 13.7. The number of nitrogens with one attached hydrogen (secondary N) is 1. The summed E-state index contributed by atoms with van der Waals surface area (Å²) in [5.74, 6) is 5.14. The van der Waals surface area contributed by atoms with Crippen LogP contribution >= 0.6 is 11.3 Å². The summed E-state index contributed by atoms with van der Waals surface area (Å²) >= 11 is 1.33. The smallest absolute Gasteiger partial charge is 0.267 e. The van der Waals surface area contributed by atoms with E-state index in [2.05, 4.69) is 17.2 Å². The molecule has 0 radical (unpaired) electrons. The minimum atomic E-state index is -0.213. The number of benzene rings is 1. The molecule has 0 spiro atoms. The van der Waals surface area contributed by atoms with Gasteiger partial charge >= 0.3 is 0 Å². The number of anilines is 1. The van der Waals surface area contributed by atoms with Crippen molar-refractivity contribution in [3.05, 3.63) is 51.7 Å². The lowest BCUT2D eigenvalue weighted by molar-refractivity contribution is 0.103. The van der Waals surface area contributed by atoms with Crippen LogP contribution in [0.1, 0.15) is 20.8 Å². The van der Waals surface area contributed by atoms with E-state index >= 15 is 0 Å². The van der Waals surface area contributed by atoms with E-state index in [4.69, 9.17) is 5.11 Å². The van der Waals surface area contributed by atoms with Gasteiger partial charge in [0.05, 0.1) is 0 Å². The second kappa shape index (κ2) is 6.19. The van der Waals surface area contributed by atoms with Gasteiger partial charge in [0.15, 0.2) is 0 Å². The van der Waals surface area contributed by atoms with Crippen LogP contribution in [-0.2, 0) is 0 Å². The molecule has 0 bridgehead atoms. The fourth-order valence-electron chi connectivity index (χ4n) is 1.54. The predicted molar refractivity (Wildman–Crippen MR) is 77.4 cm³/mol. The first-order valence-corrected chi connectivity index (χ1v) is 6.64.